The van der Waals surface area contributed by atoms with E-state index in [0.717, 1.165) is 6.26 Å². The van der Waals surface area contributed by atoms with Gasteiger partial charge in [-0.1, -0.05) is 0 Å². The summed E-state index contributed by atoms with van der Waals surface area (Å²) in [4.78, 5) is 10.5. The van der Waals surface area contributed by atoms with Crippen molar-refractivity contribution in [3.8, 4) is 0 Å². The Morgan fingerprint density at radius 2 is 2.00 bits per heavy atom. The van der Waals surface area contributed by atoms with E-state index in [1.54, 1.807) is 0 Å². The highest BCUT2D eigenvalue weighted by Crippen LogP contribution is 2.39. The van der Waals surface area contributed by atoms with E-state index >= 15 is 0 Å². The normalized spacial score (nSPS) is 16.1. The highest BCUT2D eigenvalue weighted by Gasteiger charge is 2.22. The number of amides is 1. The maximum Gasteiger partial charge on any atom is 0.265 e. The average molecular weight is 169 g/mol. The van der Waals surface area contributed by atoms with Crippen LogP contribution in [0.3, 0.4) is 0 Å². The molecule has 6 heteroatoms. The molecule has 0 spiro atoms. The van der Waals surface area contributed by atoms with Gasteiger partial charge in [0.2, 0.25) is 0 Å². The number of hydroxylamine groups is 1. The summed E-state index contributed by atoms with van der Waals surface area (Å²) in [6.07, 6.45) is 1.15. The molecule has 0 aromatic heterocycles. The van der Waals surface area contributed by atoms with Crippen molar-refractivity contribution in [2.75, 3.05) is 6.26 Å². The molecule has 5 nitrogen and oxygen atoms in total. The van der Waals surface area contributed by atoms with Gasteiger partial charge in [0, 0.05) is 6.26 Å². The Bertz CT molecular complexity index is 132. The minimum Gasteiger partial charge on any atom is -0.299 e. The van der Waals surface area contributed by atoms with Crippen LogP contribution in [0, 0.1) is 0 Å². The van der Waals surface area contributed by atoms with Crippen molar-refractivity contribution in [3.63, 3.8) is 0 Å². The van der Waals surface area contributed by atoms with E-state index in [4.69, 9.17) is 14.3 Å². The van der Waals surface area contributed by atoms with Crippen molar-refractivity contribution in [1.82, 2.24) is 5.48 Å². The summed E-state index contributed by atoms with van der Waals surface area (Å²) in [5.74, 6) is -0.789. The Labute approximate surface area is 60.4 Å². The SMILES string of the molecule is CC(C(=O)NO)S(C)(O)O. The van der Waals surface area contributed by atoms with Gasteiger partial charge >= 0.3 is 0 Å². The fraction of sp³-hybridized carbons (Fsp3) is 0.750. The van der Waals surface area contributed by atoms with Crippen molar-refractivity contribution in [2.45, 2.75) is 12.2 Å². The molecule has 0 aromatic carbocycles. The second-order valence-corrected chi connectivity index (χ2v) is 4.51. The van der Waals surface area contributed by atoms with E-state index in [1.165, 1.54) is 12.4 Å². The van der Waals surface area contributed by atoms with Crippen molar-refractivity contribution in [3.05, 3.63) is 0 Å². The third-order valence-electron chi connectivity index (χ3n) is 1.15. The zero-order chi connectivity index (χ0) is 8.36. The molecule has 1 atom stereocenters. The van der Waals surface area contributed by atoms with Crippen molar-refractivity contribution in [1.29, 1.82) is 0 Å². The monoisotopic (exact) mass is 169 g/mol. The number of carbonyl (C=O) groups excluding carboxylic acids is 1. The Hall–Kier alpha value is -0.300. The molecule has 0 aliphatic carbocycles. The van der Waals surface area contributed by atoms with E-state index in [2.05, 4.69) is 0 Å². The van der Waals surface area contributed by atoms with Crippen LogP contribution in [0.25, 0.3) is 0 Å². The Morgan fingerprint density at radius 1 is 1.60 bits per heavy atom. The molecule has 0 aromatic rings. The smallest absolute Gasteiger partial charge is 0.265 e. The van der Waals surface area contributed by atoms with Crippen molar-refractivity contribution < 1.29 is 19.1 Å². The average Bonchev–Trinajstić information content (AvgIpc) is 1.83. The summed E-state index contributed by atoms with van der Waals surface area (Å²) in [5, 5.41) is 7.09. The standard InChI is InChI=1S/C4H11NO4S/c1-3(4(6)5-7)10(2,8)9/h3,7-9H,1-2H3,(H,5,6). The molecular weight excluding hydrogens is 158 g/mol. The van der Waals surface area contributed by atoms with Crippen LogP contribution in [-0.2, 0) is 4.79 Å². The van der Waals surface area contributed by atoms with Crippen LogP contribution in [-0.4, -0.2) is 31.7 Å². The van der Waals surface area contributed by atoms with Gasteiger partial charge in [-0.05, 0) is 6.92 Å². The summed E-state index contributed by atoms with van der Waals surface area (Å²) < 4.78 is 17.7. The molecule has 0 heterocycles. The third kappa shape index (κ3) is 2.53. The molecular formula is C4H11NO4S. The lowest BCUT2D eigenvalue weighted by Crippen LogP contribution is -2.33. The maximum absolute atomic E-state index is 10.5. The predicted molar refractivity (Wildman–Crippen MR) is 38.2 cm³/mol. The minimum atomic E-state index is -2.89. The Morgan fingerprint density at radius 3 is 2.10 bits per heavy atom. The molecule has 0 fully saturated rings. The molecule has 10 heavy (non-hydrogen) atoms. The molecule has 4 N–H and O–H groups in total. The lowest BCUT2D eigenvalue weighted by Gasteiger charge is -2.31. The van der Waals surface area contributed by atoms with E-state index in [9.17, 15) is 4.79 Å². The quantitative estimate of drug-likeness (QED) is 0.352. The van der Waals surface area contributed by atoms with Crippen LogP contribution in [0.5, 0.6) is 0 Å². The molecule has 0 radical (unpaired) electrons. The van der Waals surface area contributed by atoms with E-state index < -0.39 is 21.7 Å². The van der Waals surface area contributed by atoms with E-state index in [0.29, 0.717) is 0 Å². The Balaban J connectivity index is 4.08. The van der Waals surface area contributed by atoms with Crippen molar-refractivity contribution >= 4 is 16.5 Å². The second kappa shape index (κ2) is 3.20. The number of rotatable bonds is 2. The summed E-state index contributed by atoms with van der Waals surface area (Å²) in [6.45, 7) is 1.32. The van der Waals surface area contributed by atoms with Gasteiger partial charge in [0.15, 0.2) is 0 Å². The van der Waals surface area contributed by atoms with Crippen LogP contribution in [0.15, 0.2) is 0 Å². The first kappa shape index (κ1) is 9.70. The summed E-state index contributed by atoms with van der Waals surface area (Å²) in [6, 6.07) is 0. The van der Waals surface area contributed by atoms with Gasteiger partial charge in [-0.25, -0.2) is 5.48 Å². The van der Waals surface area contributed by atoms with Gasteiger partial charge in [-0.3, -0.25) is 19.1 Å². The van der Waals surface area contributed by atoms with Crippen LogP contribution in [0.4, 0.5) is 0 Å². The predicted octanol–water partition coefficient (Wildman–Crippen LogP) is 0.261. The van der Waals surface area contributed by atoms with Gasteiger partial charge in [-0.15, -0.1) is 0 Å². The first-order chi connectivity index (χ1) is 4.39. The lowest BCUT2D eigenvalue weighted by molar-refractivity contribution is -0.128. The summed E-state index contributed by atoms with van der Waals surface area (Å²) >= 11 is 0. The first-order valence-electron chi connectivity index (χ1n) is 2.55. The van der Waals surface area contributed by atoms with Gasteiger partial charge < -0.3 is 0 Å². The van der Waals surface area contributed by atoms with E-state index in [-0.39, 0.29) is 0 Å². The zero-order valence-electron chi connectivity index (χ0n) is 5.74. The molecule has 0 bridgehead atoms. The highest BCUT2D eigenvalue weighted by atomic mass is 32.3. The van der Waals surface area contributed by atoms with Crippen LogP contribution < -0.4 is 5.48 Å². The first-order valence-corrected chi connectivity index (χ1v) is 4.57. The topological polar surface area (TPSA) is 89.8 Å². The summed E-state index contributed by atoms with van der Waals surface area (Å²) in [7, 11) is -2.89. The molecule has 0 saturated carbocycles. The molecule has 0 saturated heterocycles. The minimum absolute atomic E-state index is 0.789. The molecule has 1 unspecified atom stereocenters. The lowest BCUT2D eigenvalue weighted by atomic mass is 10.5. The Kier molecular flexibility index (Phi) is 3.10. The van der Waals surface area contributed by atoms with Crippen molar-refractivity contribution in [2.24, 2.45) is 0 Å². The van der Waals surface area contributed by atoms with Gasteiger partial charge in [0.05, 0.1) is 0 Å². The van der Waals surface area contributed by atoms with Gasteiger partial charge in [-0.2, -0.15) is 10.6 Å². The fourth-order valence-electron chi connectivity index (χ4n) is 0.294. The van der Waals surface area contributed by atoms with Gasteiger partial charge in [0.25, 0.3) is 5.91 Å². The number of nitrogens with one attached hydrogen (secondary N) is 1. The molecule has 1 amide bonds. The molecule has 0 aliphatic heterocycles. The molecule has 62 valence electrons. The third-order valence-corrected chi connectivity index (χ3v) is 2.70. The number of carbonyl (C=O) groups is 1. The number of hydrogen-bond donors (Lipinski definition) is 4. The van der Waals surface area contributed by atoms with Crippen LogP contribution >= 0.6 is 10.6 Å². The zero-order valence-corrected chi connectivity index (χ0v) is 6.55. The largest absolute Gasteiger partial charge is 0.299 e. The maximum atomic E-state index is 10.5. The second-order valence-electron chi connectivity index (χ2n) is 2.01. The highest BCUT2D eigenvalue weighted by molar-refractivity contribution is 8.24. The fourth-order valence-corrected chi connectivity index (χ4v) is 0.752. The number of hydrogen-bond acceptors (Lipinski definition) is 4. The molecule has 0 aliphatic rings. The van der Waals surface area contributed by atoms with Gasteiger partial charge in [0.1, 0.15) is 5.25 Å². The van der Waals surface area contributed by atoms with Crippen LogP contribution in [0.1, 0.15) is 6.92 Å². The van der Waals surface area contributed by atoms with E-state index in [1.807, 2.05) is 0 Å². The van der Waals surface area contributed by atoms with Crippen LogP contribution in [0.2, 0.25) is 0 Å². The summed E-state index contributed by atoms with van der Waals surface area (Å²) in [5.41, 5.74) is 1.33. The molecule has 0 rings (SSSR count).